The van der Waals surface area contributed by atoms with Gasteiger partial charge in [-0.2, -0.15) is 5.06 Å². The Bertz CT molecular complexity index is 163. The van der Waals surface area contributed by atoms with Crippen LogP contribution in [0.1, 0.15) is 32.6 Å². The molecule has 0 aromatic rings. The highest BCUT2D eigenvalue weighted by molar-refractivity contribution is 4.82. The second kappa shape index (κ2) is 5.10. The fraction of sp³-hybridized carbons (Fsp3) is 1.00. The van der Waals surface area contributed by atoms with Crippen molar-refractivity contribution < 1.29 is 9.57 Å². The number of hydrogen-bond donors (Lipinski definition) is 0. The van der Waals surface area contributed by atoms with Crippen LogP contribution < -0.4 is 0 Å². The summed E-state index contributed by atoms with van der Waals surface area (Å²) in [5, 5.41) is 1.79. The zero-order valence-electron chi connectivity index (χ0n) is 9.88. The molecule has 0 spiro atoms. The van der Waals surface area contributed by atoms with Gasteiger partial charge in [-0.1, -0.05) is 6.92 Å². The van der Waals surface area contributed by atoms with Gasteiger partial charge < -0.3 is 4.74 Å². The van der Waals surface area contributed by atoms with E-state index in [1.165, 1.54) is 25.7 Å². The van der Waals surface area contributed by atoms with Gasteiger partial charge >= 0.3 is 0 Å². The van der Waals surface area contributed by atoms with Crippen LogP contribution in [-0.4, -0.2) is 39.0 Å². The molecule has 0 N–H and O–H groups in total. The topological polar surface area (TPSA) is 21.7 Å². The first kappa shape index (κ1) is 12.0. The highest BCUT2D eigenvalue weighted by Gasteiger charge is 2.31. The lowest BCUT2D eigenvalue weighted by molar-refractivity contribution is -0.156. The SMILES string of the molecule is COC1CCC(C)(CON(C)C)CC1. The van der Waals surface area contributed by atoms with Gasteiger partial charge in [0.1, 0.15) is 0 Å². The van der Waals surface area contributed by atoms with E-state index >= 15 is 0 Å². The average molecular weight is 201 g/mol. The van der Waals surface area contributed by atoms with E-state index in [4.69, 9.17) is 9.57 Å². The van der Waals surface area contributed by atoms with Crippen LogP contribution in [0.15, 0.2) is 0 Å². The van der Waals surface area contributed by atoms with Gasteiger partial charge in [0.15, 0.2) is 0 Å². The molecule has 0 saturated heterocycles. The van der Waals surface area contributed by atoms with Gasteiger partial charge in [0.2, 0.25) is 0 Å². The van der Waals surface area contributed by atoms with E-state index in [9.17, 15) is 0 Å². The molecule has 0 aliphatic heterocycles. The molecule has 0 aromatic heterocycles. The Morgan fingerprint density at radius 3 is 2.29 bits per heavy atom. The third kappa shape index (κ3) is 3.56. The Kier molecular flexibility index (Phi) is 4.35. The van der Waals surface area contributed by atoms with E-state index in [1.54, 1.807) is 5.06 Å². The minimum Gasteiger partial charge on any atom is -0.381 e. The van der Waals surface area contributed by atoms with Crippen molar-refractivity contribution in [2.75, 3.05) is 27.8 Å². The van der Waals surface area contributed by atoms with Gasteiger partial charge in [-0.15, -0.1) is 0 Å². The van der Waals surface area contributed by atoms with Crippen molar-refractivity contribution in [1.82, 2.24) is 5.06 Å². The minimum atomic E-state index is 0.347. The van der Waals surface area contributed by atoms with Crippen LogP contribution in [-0.2, 0) is 9.57 Å². The largest absolute Gasteiger partial charge is 0.381 e. The maximum Gasteiger partial charge on any atom is 0.0738 e. The van der Waals surface area contributed by atoms with Crippen molar-refractivity contribution in [2.24, 2.45) is 5.41 Å². The van der Waals surface area contributed by atoms with E-state index < -0.39 is 0 Å². The standard InChI is InChI=1S/C11H23NO2/c1-11(9-14-12(2)3)7-5-10(13-4)6-8-11/h10H,5-9H2,1-4H3. The van der Waals surface area contributed by atoms with Crippen LogP contribution in [0, 0.1) is 5.41 Å². The Morgan fingerprint density at radius 2 is 1.86 bits per heavy atom. The maximum absolute atomic E-state index is 5.55. The van der Waals surface area contributed by atoms with Crippen molar-refractivity contribution in [1.29, 1.82) is 0 Å². The number of ether oxygens (including phenoxy) is 1. The normalized spacial score (nSPS) is 33.6. The molecule has 1 aliphatic rings. The molecule has 0 bridgehead atoms. The van der Waals surface area contributed by atoms with Crippen LogP contribution >= 0.6 is 0 Å². The highest BCUT2D eigenvalue weighted by atomic mass is 16.7. The zero-order valence-corrected chi connectivity index (χ0v) is 9.88. The first-order valence-corrected chi connectivity index (χ1v) is 5.39. The molecule has 1 saturated carbocycles. The Hall–Kier alpha value is -0.120. The number of rotatable bonds is 4. The summed E-state index contributed by atoms with van der Waals surface area (Å²) in [4.78, 5) is 5.55. The summed E-state index contributed by atoms with van der Waals surface area (Å²) in [7, 11) is 5.68. The Morgan fingerprint density at radius 1 is 1.29 bits per heavy atom. The molecular formula is C11H23NO2. The summed E-state index contributed by atoms with van der Waals surface area (Å²) in [5.74, 6) is 0. The quantitative estimate of drug-likeness (QED) is 0.650. The summed E-state index contributed by atoms with van der Waals surface area (Å²) in [6.07, 6.45) is 5.23. The van der Waals surface area contributed by atoms with Crippen molar-refractivity contribution >= 4 is 0 Å². The summed E-state index contributed by atoms with van der Waals surface area (Å²) >= 11 is 0. The molecule has 0 aromatic carbocycles. The van der Waals surface area contributed by atoms with Crippen molar-refractivity contribution in [2.45, 2.75) is 38.7 Å². The van der Waals surface area contributed by atoms with Crippen molar-refractivity contribution in [3.8, 4) is 0 Å². The van der Waals surface area contributed by atoms with Gasteiger partial charge in [-0.25, -0.2) is 0 Å². The Labute approximate surface area is 87.3 Å². The predicted octanol–water partition coefficient (Wildman–Crippen LogP) is 2.07. The maximum atomic E-state index is 5.55. The number of hydrogen-bond acceptors (Lipinski definition) is 3. The molecule has 3 nitrogen and oxygen atoms in total. The van der Waals surface area contributed by atoms with E-state index in [2.05, 4.69) is 6.92 Å². The number of nitrogens with zero attached hydrogens (tertiary/aromatic N) is 1. The molecule has 0 atom stereocenters. The average Bonchev–Trinajstić information content (AvgIpc) is 2.16. The third-order valence-corrected chi connectivity index (χ3v) is 3.14. The van der Waals surface area contributed by atoms with Crippen molar-refractivity contribution in [3.05, 3.63) is 0 Å². The van der Waals surface area contributed by atoms with Crippen LogP contribution in [0.4, 0.5) is 0 Å². The fourth-order valence-electron chi connectivity index (χ4n) is 1.95. The second-order valence-corrected chi connectivity index (χ2v) is 4.83. The minimum absolute atomic E-state index is 0.347. The first-order valence-electron chi connectivity index (χ1n) is 5.39. The molecule has 0 heterocycles. The summed E-state index contributed by atoms with van der Waals surface area (Å²) in [5.41, 5.74) is 0.347. The number of methoxy groups -OCH3 is 1. The van der Waals surface area contributed by atoms with Gasteiger partial charge in [0.25, 0.3) is 0 Å². The highest BCUT2D eigenvalue weighted by Crippen LogP contribution is 2.36. The van der Waals surface area contributed by atoms with Gasteiger partial charge in [-0.3, -0.25) is 4.84 Å². The van der Waals surface area contributed by atoms with Gasteiger partial charge in [-0.05, 0) is 31.1 Å². The summed E-state index contributed by atoms with van der Waals surface area (Å²) < 4.78 is 5.36. The molecule has 3 heteroatoms. The van der Waals surface area contributed by atoms with Crippen LogP contribution in [0.2, 0.25) is 0 Å². The molecule has 84 valence electrons. The zero-order chi connectivity index (χ0) is 10.6. The lowest BCUT2D eigenvalue weighted by Gasteiger charge is -2.36. The molecule has 0 amide bonds. The van der Waals surface area contributed by atoms with Crippen LogP contribution in [0.25, 0.3) is 0 Å². The lowest BCUT2D eigenvalue weighted by atomic mass is 9.75. The van der Waals surface area contributed by atoms with E-state index in [-0.39, 0.29) is 0 Å². The number of hydroxylamine groups is 2. The lowest BCUT2D eigenvalue weighted by Crippen LogP contribution is -2.33. The monoisotopic (exact) mass is 201 g/mol. The molecule has 14 heavy (non-hydrogen) atoms. The van der Waals surface area contributed by atoms with Crippen LogP contribution in [0.3, 0.4) is 0 Å². The molecular weight excluding hydrogens is 178 g/mol. The van der Waals surface area contributed by atoms with Crippen molar-refractivity contribution in [3.63, 3.8) is 0 Å². The smallest absolute Gasteiger partial charge is 0.0738 e. The third-order valence-electron chi connectivity index (χ3n) is 3.14. The second-order valence-electron chi connectivity index (χ2n) is 4.83. The van der Waals surface area contributed by atoms with Crippen LogP contribution in [0.5, 0.6) is 0 Å². The summed E-state index contributed by atoms with van der Waals surface area (Å²) in [6, 6.07) is 0. The van der Waals surface area contributed by atoms with E-state index in [0.717, 1.165) is 6.61 Å². The Balaban J connectivity index is 2.30. The summed E-state index contributed by atoms with van der Waals surface area (Å²) in [6.45, 7) is 3.14. The molecule has 1 fully saturated rings. The molecule has 1 rings (SSSR count). The predicted molar refractivity (Wildman–Crippen MR) is 57.0 cm³/mol. The van der Waals surface area contributed by atoms with E-state index in [1.807, 2.05) is 21.2 Å². The molecule has 1 aliphatic carbocycles. The molecule has 0 radical (unpaired) electrons. The fourth-order valence-corrected chi connectivity index (χ4v) is 1.95. The van der Waals surface area contributed by atoms with Gasteiger partial charge in [0.05, 0.1) is 12.7 Å². The first-order chi connectivity index (χ1) is 6.56. The molecule has 0 unspecified atom stereocenters. The van der Waals surface area contributed by atoms with Gasteiger partial charge in [0, 0.05) is 21.2 Å². The van der Waals surface area contributed by atoms with E-state index in [0.29, 0.717) is 11.5 Å².